The standard InChI is InChI=1S/C15H24N4OS/c1-6-11(3)8-18-9-17(5)15(20)19(10-18)14-12(4)13(7-2)16-21-14/h6H,7-10H2,1-5H3/b11-6+. The van der Waals surface area contributed by atoms with Crippen LogP contribution < -0.4 is 4.90 Å². The van der Waals surface area contributed by atoms with Gasteiger partial charge in [0.25, 0.3) is 0 Å². The van der Waals surface area contributed by atoms with E-state index in [0.29, 0.717) is 13.3 Å². The Morgan fingerprint density at radius 2 is 2.14 bits per heavy atom. The van der Waals surface area contributed by atoms with Crippen LogP contribution in [-0.2, 0) is 6.42 Å². The predicted octanol–water partition coefficient (Wildman–Crippen LogP) is 3.07. The molecular formula is C15H24N4OS. The van der Waals surface area contributed by atoms with E-state index >= 15 is 0 Å². The molecule has 6 heteroatoms. The smallest absolute Gasteiger partial charge is 0.314 e. The fraction of sp³-hybridized carbons (Fsp3) is 0.600. The maximum Gasteiger partial charge on any atom is 0.327 e. The van der Waals surface area contributed by atoms with E-state index in [9.17, 15) is 4.79 Å². The van der Waals surface area contributed by atoms with Crippen molar-refractivity contribution >= 4 is 22.6 Å². The van der Waals surface area contributed by atoms with Crippen LogP contribution in [0.25, 0.3) is 0 Å². The second-order valence-electron chi connectivity index (χ2n) is 5.57. The summed E-state index contributed by atoms with van der Waals surface area (Å²) in [6, 6.07) is 0.0544. The van der Waals surface area contributed by atoms with E-state index in [0.717, 1.165) is 29.2 Å². The Hall–Kier alpha value is -1.40. The summed E-state index contributed by atoms with van der Waals surface area (Å²) < 4.78 is 4.47. The Balaban J connectivity index is 2.23. The number of carbonyl (C=O) groups excluding carboxylic acids is 1. The van der Waals surface area contributed by atoms with Crippen molar-refractivity contribution in [3.05, 3.63) is 22.9 Å². The van der Waals surface area contributed by atoms with E-state index in [2.05, 4.69) is 36.1 Å². The van der Waals surface area contributed by atoms with Crippen LogP contribution >= 0.6 is 11.5 Å². The Labute approximate surface area is 131 Å². The van der Waals surface area contributed by atoms with Gasteiger partial charge in [0.2, 0.25) is 0 Å². The molecule has 1 aliphatic rings. The van der Waals surface area contributed by atoms with Crippen LogP contribution in [-0.4, -0.2) is 47.1 Å². The van der Waals surface area contributed by atoms with Gasteiger partial charge in [0, 0.05) is 19.2 Å². The summed E-state index contributed by atoms with van der Waals surface area (Å²) in [4.78, 5) is 18.3. The number of allylic oxidation sites excluding steroid dienone is 1. The highest BCUT2D eigenvalue weighted by atomic mass is 32.1. The molecule has 21 heavy (non-hydrogen) atoms. The first-order valence-corrected chi connectivity index (χ1v) is 8.07. The molecule has 0 N–H and O–H groups in total. The molecule has 1 aromatic heterocycles. The number of aryl methyl sites for hydroxylation is 1. The number of aromatic nitrogens is 1. The van der Waals surface area contributed by atoms with Crippen LogP contribution in [0.2, 0.25) is 0 Å². The Bertz CT molecular complexity index is 552. The molecule has 5 nitrogen and oxygen atoms in total. The second-order valence-corrected chi connectivity index (χ2v) is 6.32. The monoisotopic (exact) mass is 308 g/mol. The summed E-state index contributed by atoms with van der Waals surface area (Å²) in [5, 5.41) is 0.978. The first-order valence-electron chi connectivity index (χ1n) is 7.29. The first-order chi connectivity index (χ1) is 9.97. The van der Waals surface area contributed by atoms with Crippen molar-refractivity contribution in [1.29, 1.82) is 0 Å². The quantitative estimate of drug-likeness (QED) is 0.803. The molecule has 0 unspecified atom stereocenters. The van der Waals surface area contributed by atoms with E-state index in [4.69, 9.17) is 0 Å². The van der Waals surface area contributed by atoms with Crippen LogP contribution in [0, 0.1) is 6.92 Å². The first kappa shape index (κ1) is 16.0. The number of rotatable bonds is 4. The number of nitrogens with zero attached hydrogens (tertiary/aromatic N) is 4. The second kappa shape index (κ2) is 6.58. The van der Waals surface area contributed by atoms with E-state index in [1.54, 1.807) is 4.90 Å². The molecule has 1 saturated heterocycles. The number of hydrogen-bond acceptors (Lipinski definition) is 4. The zero-order valence-electron chi connectivity index (χ0n) is 13.5. The van der Waals surface area contributed by atoms with Gasteiger partial charge in [-0.1, -0.05) is 18.6 Å². The van der Waals surface area contributed by atoms with Crippen molar-refractivity contribution in [1.82, 2.24) is 14.2 Å². The van der Waals surface area contributed by atoms with Gasteiger partial charge in [-0.2, -0.15) is 4.37 Å². The van der Waals surface area contributed by atoms with E-state index in [1.165, 1.54) is 17.1 Å². The SMILES string of the molecule is C/C=C(\C)CN1CN(C)C(=O)N(c2snc(CC)c2C)C1. The lowest BCUT2D eigenvalue weighted by atomic mass is 10.2. The minimum Gasteiger partial charge on any atom is -0.314 e. The van der Waals surface area contributed by atoms with E-state index in [-0.39, 0.29) is 6.03 Å². The molecule has 0 aromatic carbocycles. The number of anilines is 1. The third-order valence-corrected chi connectivity index (χ3v) is 4.86. The summed E-state index contributed by atoms with van der Waals surface area (Å²) in [5.41, 5.74) is 3.54. The Morgan fingerprint density at radius 1 is 1.43 bits per heavy atom. The van der Waals surface area contributed by atoms with Gasteiger partial charge < -0.3 is 4.90 Å². The Morgan fingerprint density at radius 3 is 2.71 bits per heavy atom. The molecule has 2 amide bonds. The van der Waals surface area contributed by atoms with Gasteiger partial charge >= 0.3 is 6.03 Å². The fourth-order valence-corrected chi connectivity index (χ4v) is 3.46. The molecule has 0 atom stereocenters. The fourth-order valence-electron chi connectivity index (χ4n) is 2.51. The lowest BCUT2D eigenvalue weighted by molar-refractivity contribution is 0.137. The summed E-state index contributed by atoms with van der Waals surface area (Å²) in [6.07, 6.45) is 3.02. The van der Waals surface area contributed by atoms with Crippen LogP contribution in [0.5, 0.6) is 0 Å². The summed E-state index contributed by atoms with van der Waals surface area (Å²) in [7, 11) is 1.85. The number of urea groups is 1. The van der Waals surface area contributed by atoms with Gasteiger partial charge in [0.15, 0.2) is 0 Å². The maximum atomic E-state index is 12.5. The van der Waals surface area contributed by atoms with Gasteiger partial charge in [0.1, 0.15) is 5.00 Å². The van der Waals surface area contributed by atoms with Gasteiger partial charge in [-0.15, -0.1) is 0 Å². The molecule has 116 valence electrons. The molecule has 0 bridgehead atoms. The van der Waals surface area contributed by atoms with Crippen molar-refractivity contribution in [2.45, 2.75) is 34.1 Å². The van der Waals surface area contributed by atoms with Crippen molar-refractivity contribution in [2.24, 2.45) is 0 Å². The van der Waals surface area contributed by atoms with Crippen LogP contribution in [0.3, 0.4) is 0 Å². The largest absolute Gasteiger partial charge is 0.327 e. The maximum absolute atomic E-state index is 12.5. The normalized spacial score (nSPS) is 17.8. The zero-order valence-corrected chi connectivity index (χ0v) is 14.3. The van der Waals surface area contributed by atoms with Gasteiger partial charge in [0.05, 0.1) is 19.0 Å². The topological polar surface area (TPSA) is 39.7 Å². The van der Waals surface area contributed by atoms with Crippen molar-refractivity contribution in [2.75, 3.05) is 31.8 Å². The zero-order chi connectivity index (χ0) is 15.6. The number of amides is 2. The van der Waals surface area contributed by atoms with E-state index < -0.39 is 0 Å². The van der Waals surface area contributed by atoms with Crippen molar-refractivity contribution in [3.63, 3.8) is 0 Å². The molecule has 0 radical (unpaired) electrons. The average molecular weight is 308 g/mol. The Kier molecular flexibility index (Phi) is 5.00. The van der Waals surface area contributed by atoms with Crippen LogP contribution in [0.4, 0.5) is 9.80 Å². The molecule has 0 spiro atoms. The average Bonchev–Trinajstić information content (AvgIpc) is 2.83. The minimum absolute atomic E-state index is 0.0544. The molecule has 0 saturated carbocycles. The molecule has 0 aliphatic carbocycles. The minimum atomic E-state index is 0.0544. The lowest BCUT2D eigenvalue weighted by Crippen LogP contribution is -2.57. The highest BCUT2D eigenvalue weighted by Crippen LogP contribution is 2.30. The third-order valence-electron chi connectivity index (χ3n) is 3.85. The molecule has 1 aromatic rings. The molecular weight excluding hydrogens is 284 g/mol. The van der Waals surface area contributed by atoms with Gasteiger partial charge in [-0.3, -0.25) is 9.80 Å². The van der Waals surface area contributed by atoms with Crippen molar-refractivity contribution in [3.8, 4) is 0 Å². The third kappa shape index (κ3) is 3.27. The number of carbonyl (C=O) groups is 1. The van der Waals surface area contributed by atoms with Gasteiger partial charge in [-0.05, 0) is 38.7 Å². The summed E-state index contributed by atoms with van der Waals surface area (Å²) >= 11 is 1.43. The number of hydrogen-bond donors (Lipinski definition) is 0. The molecule has 2 rings (SSSR count). The summed E-state index contributed by atoms with van der Waals surface area (Å²) in [6.45, 7) is 10.5. The van der Waals surface area contributed by atoms with Gasteiger partial charge in [-0.25, -0.2) is 4.79 Å². The van der Waals surface area contributed by atoms with Crippen molar-refractivity contribution < 1.29 is 4.79 Å². The molecule has 2 heterocycles. The van der Waals surface area contributed by atoms with E-state index in [1.807, 2.05) is 18.9 Å². The summed E-state index contributed by atoms with van der Waals surface area (Å²) in [5.74, 6) is 0. The molecule has 1 aliphatic heterocycles. The highest BCUT2D eigenvalue weighted by molar-refractivity contribution is 7.10. The lowest BCUT2D eigenvalue weighted by Gasteiger charge is -2.40. The van der Waals surface area contributed by atoms with Crippen LogP contribution in [0.1, 0.15) is 32.0 Å². The molecule has 1 fully saturated rings. The van der Waals surface area contributed by atoms with Crippen LogP contribution in [0.15, 0.2) is 11.6 Å². The highest BCUT2D eigenvalue weighted by Gasteiger charge is 2.31. The predicted molar refractivity (Wildman–Crippen MR) is 87.7 cm³/mol.